The summed E-state index contributed by atoms with van der Waals surface area (Å²) in [5, 5.41) is 0.270. The van der Waals surface area contributed by atoms with Gasteiger partial charge in [-0.05, 0) is 26.3 Å². The van der Waals surface area contributed by atoms with Crippen LogP contribution in [0.15, 0.2) is 23.3 Å². The number of anilines is 1. The lowest BCUT2D eigenvalue weighted by Gasteiger charge is -2.27. The van der Waals surface area contributed by atoms with Gasteiger partial charge < -0.3 is 4.74 Å². The summed E-state index contributed by atoms with van der Waals surface area (Å²) >= 11 is 1.05. The number of hydrogen-bond donors (Lipinski definition) is 0. The van der Waals surface area contributed by atoms with Crippen molar-refractivity contribution in [2.45, 2.75) is 26.8 Å². The summed E-state index contributed by atoms with van der Waals surface area (Å²) in [5.74, 6) is -1.85. The number of rotatable bonds is 7. The van der Waals surface area contributed by atoms with E-state index in [2.05, 4.69) is 14.9 Å². The van der Waals surface area contributed by atoms with Crippen LogP contribution in [0.1, 0.15) is 17.7 Å². The summed E-state index contributed by atoms with van der Waals surface area (Å²) in [6.45, 7) is 7.25. The van der Waals surface area contributed by atoms with Gasteiger partial charge in [-0.3, -0.25) is 24.0 Å². The quantitative estimate of drug-likeness (QED) is 0.483. The van der Waals surface area contributed by atoms with Gasteiger partial charge in [0.15, 0.2) is 10.9 Å². The number of aryl methyl sites for hydroxylation is 1. The first-order valence-corrected chi connectivity index (χ1v) is 11.5. The monoisotopic (exact) mass is 513 g/mol. The van der Waals surface area contributed by atoms with Crippen LogP contribution in [-0.2, 0) is 16.1 Å². The fraction of sp³-hybridized carbons (Fsp3) is 0.455. The van der Waals surface area contributed by atoms with Crippen LogP contribution < -0.4 is 10.5 Å². The van der Waals surface area contributed by atoms with Gasteiger partial charge in [-0.15, -0.1) is 12.4 Å². The van der Waals surface area contributed by atoms with Crippen molar-refractivity contribution < 1.29 is 18.3 Å². The van der Waals surface area contributed by atoms with E-state index in [4.69, 9.17) is 4.74 Å². The van der Waals surface area contributed by atoms with Gasteiger partial charge in [0.05, 0.1) is 24.2 Å². The SMILES string of the molecule is Cc1ncn(CC(=O)N(CCCN2CCOCC2)c2nc3c(F)cc(F)cc3s2)c(=O)c1C.Cl. The highest BCUT2D eigenvalue weighted by atomic mass is 35.5. The fourth-order valence-electron chi connectivity index (χ4n) is 3.68. The first-order valence-electron chi connectivity index (χ1n) is 10.7. The van der Waals surface area contributed by atoms with Crippen LogP contribution >= 0.6 is 23.7 Å². The molecule has 0 atom stereocenters. The summed E-state index contributed by atoms with van der Waals surface area (Å²) in [6, 6.07) is 1.98. The van der Waals surface area contributed by atoms with E-state index in [-0.39, 0.29) is 41.1 Å². The highest BCUT2D eigenvalue weighted by Gasteiger charge is 2.23. The number of fused-ring (bicyclic) bond motifs is 1. The molecule has 0 unspecified atom stereocenters. The van der Waals surface area contributed by atoms with E-state index >= 15 is 0 Å². The summed E-state index contributed by atoms with van der Waals surface area (Å²) in [6.07, 6.45) is 2.00. The van der Waals surface area contributed by atoms with Crippen LogP contribution in [0.25, 0.3) is 10.2 Å². The van der Waals surface area contributed by atoms with Gasteiger partial charge in [-0.25, -0.2) is 18.7 Å². The van der Waals surface area contributed by atoms with E-state index in [0.717, 1.165) is 37.0 Å². The van der Waals surface area contributed by atoms with Crippen LogP contribution in [0.3, 0.4) is 0 Å². The predicted molar refractivity (Wildman–Crippen MR) is 129 cm³/mol. The van der Waals surface area contributed by atoms with Crippen molar-refractivity contribution in [2.24, 2.45) is 0 Å². The minimum absolute atomic E-state index is 0. The van der Waals surface area contributed by atoms with Crippen LogP contribution in [-0.4, -0.2) is 64.7 Å². The van der Waals surface area contributed by atoms with E-state index in [1.807, 2.05) is 0 Å². The third kappa shape index (κ3) is 5.77. The molecule has 1 saturated heterocycles. The molecule has 12 heteroatoms. The number of thiazole rings is 1. The Balaban J connectivity index is 0.00000324. The zero-order chi connectivity index (χ0) is 23.5. The minimum atomic E-state index is -0.775. The second kappa shape index (κ2) is 11.3. The molecule has 1 aliphatic heterocycles. The number of halogens is 3. The molecule has 34 heavy (non-hydrogen) atoms. The van der Waals surface area contributed by atoms with Gasteiger partial charge in [0, 0.05) is 43.5 Å². The summed E-state index contributed by atoms with van der Waals surface area (Å²) in [4.78, 5) is 38.0. The van der Waals surface area contributed by atoms with E-state index in [0.29, 0.717) is 42.1 Å². The molecule has 1 amide bonds. The van der Waals surface area contributed by atoms with Crippen molar-refractivity contribution in [3.8, 4) is 0 Å². The summed E-state index contributed by atoms with van der Waals surface area (Å²) in [7, 11) is 0. The van der Waals surface area contributed by atoms with Crippen molar-refractivity contribution >= 4 is 45.0 Å². The van der Waals surface area contributed by atoms with Crippen molar-refractivity contribution in [1.82, 2.24) is 19.4 Å². The fourth-order valence-corrected chi connectivity index (χ4v) is 4.73. The van der Waals surface area contributed by atoms with Crippen LogP contribution in [0.5, 0.6) is 0 Å². The number of aromatic nitrogens is 3. The Bertz CT molecular complexity index is 1230. The normalized spacial score (nSPS) is 14.2. The first kappa shape index (κ1) is 26.1. The third-order valence-corrected chi connectivity index (χ3v) is 6.74. The van der Waals surface area contributed by atoms with E-state index in [9.17, 15) is 18.4 Å². The van der Waals surface area contributed by atoms with Gasteiger partial charge in [0.2, 0.25) is 5.91 Å². The molecule has 2 aromatic heterocycles. The predicted octanol–water partition coefficient (Wildman–Crippen LogP) is 2.93. The van der Waals surface area contributed by atoms with Crippen LogP contribution in [0, 0.1) is 25.5 Å². The molecule has 8 nitrogen and oxygen atoms in total. The highest BCUT2D eigenvalue weighted by molar-refractivity contribution is 7.22. The molecule has 1 aliphatic rings. The average Bonchev–Trinajstić information content (AvgIpc) is 3.21. The molecule has 0 N–H and O–H groups in total. The average molecular weight is 514 g/mol. The Labute approximate surface area is 205 Å². The third-order valence-electron chi connectivity index (χ3n) is 5.71. The number of amides is 1. The molecular weight excluding hydrogens is 488 g/mol. The Morgan fingerprint density at radius 3 is 2.71 bits per heavy atom. The number of ether oxygens (including phenoxy) is 1. The number of carbonyl (C=O) groups excluding carboxylic acids is 1. The van der Waals surface area contributed by atoms with Gasteiger partial charge in [-0.1, -0.05) is 11.3 Å². The largest absolute Gasteiger partial charge is 0.379 e. The van der Waals surface area contributed by atoms with Crippen molar-refractivity contribution in [2.75, 3.05) is 44.3 Å². The maximum Gasteiger partial charge on any atom is 0.256 e. The first-order chi connectivity index (χ1) is 15.8. The number of hydrogen-bond acceptors (Lipinski definition) is 7. The van der Waals surface area contributed by atoms with E-state index < -0.39 is 11.6 Å². The molecule has 4 rings (SSSR count). The second-order valence-corrected chi connectivity index (χ2v) is 8.98. The highest BCUT2D eigenvalue weighted by Crippen LogP contribution is 2.31. The number of morpholine rings is 1. The zero-order valence-electron chi connectivity index (χ0n) is 18.9. The molecule has 0 saturated carbocycles. The molecule has 0 radical (unpaired) electrons. The Hall–Kier alpha value is -2.47. The summed E-state index contributed by atoms with van der Waals surface area (Å²) in [5.41, 5.74) is 0.811. The van der Waals surface area contributed by atoms with Crippen molar-refractivity contribution in [1.29, 1.82) is 0 Å². The number of benzene rings is 1. The molecular formula is C22H26ClF2N5O3S. The topological polar surface area (TPSA) is 80.6 Å². The molecule has 3 aromatic rings. The maximum absolute atomic E-state index is 14.2. The number of nitrogens with zero attached hydrogens (tertiary/aromatic N) is 5. The Morgan fingerprint density at radius 1 is 1.24 bits per heavy atom. The smallest absolute Gasteiger partial charge is 0.256 e. The molecule has 1 aromatic carbocycles. The molecule has 1 fully saturated rings. The van der Waals surface area contributed by atoms with Gasteiger partial charge in [0.1, 0.15) is 17.9 Å². The maximum atomic E-state index is 14.2. The molecule has 0 aliphatic carbocycles. The lowest BCUT2D eigenvalue weighted by atomic mass is 10.2. The minimum Gasteiger partial charge on any atom is -0.379 e. The summed E-state index contributed by atoms with van der Waals surface area (Å²) < 4.78 is 34.8. The number of carbonyl (C=O) groups is 1. The van der Waals surface area contributed by atoms with Gasteiger partial charge >= 0.3 is 0 Å². The standard InChI is InChI=1S/C22H25F2N5O3S.ClH/c1-14-15(2)25-13-28(21(14)31)12-19(30)29(5-3-4-27-6-8-32-9-7-27)22-26-20-17(24)10-16(23)11-18(20)33-22;/h10-11,13H,3-9,12H2,1-2H3;1H. The molecule has 0 spiro atoms. The van der Waals surface area contributed by atoms with Gasteiger partial charge in [0.25, 0.3) is 5.56 Å². The Kier molecular flexibility index (Phi) is 8.69. The second-order valence-electron chi connectivity index (χ2n) is 7.97. The van der Waals surface area contributed by atoms with Gasteiger partial charge in [-0.2, -0.15) is 0 Å². The Morgan fingerprint density at radius 2 is 1.97 bits per heavy atom. The van der Waals surface area contributed by atoms with E-state index in [1.165, 1.54) is 21.9 Å². The molecule has 3 heterocycles. The zero-order valence-corrected chi connectivity index (χ0v) is 20.6. The van der Waals surface area contributed by atoms with Crippen LogP contribution in [0.2, 0.25) is 0 Å². The lowest BCUT2D eigenvalue weighted by molar-refractivity contribution is -0.119. The molecule has 184 valence electrons. The lowest BCUT2D eigenvalue weighted by Crippen LogP contribution is -2.41. The van der Waals surface area contributed by atoms with Crippen molar-refractivity contribution in [3.63, 3.8) is 0 Å². The van der Waals surface area contributed by atoms with E-state index in [1.54, 1.807) is 13.8 Å². The van der Waals surface area contributed by atoms with Crippen LogP contribution in [0.4, 0.5) is 13.9 Å². The van der Waals surface area contributed by atoms with Crippen molar-refractivity contribution in [3.05, 3.63) is 51.7 Å². The molecule has 0 bridgehead atoms.